The van der Waals surface area contributed by atoms with E-state index in [0.717, 1.165) is 13.0 Å². The van der Waals surface area contributed by atoms with E-state index in [9.17, 15) is 4.79 Å². The molecule has 1 N–H and O–H groups in total. The molecule has 168 valence electrons. The van der Waals surface area contributed by atoms with E-state index in [4.69, 9.17) is 28.4 Å². The van der Waals surface area contributed by atoms with Crippen LogP contribution in [0.15, 0.2) is 0 Å². The summed E-state index contributed by atoms with van der Waals surface area (Å²) in [5.41, 5.74) is -0.491. The topological polar surface area (TPSA) is 84.5 Å². The normalized spacial score (nSPS) is 11.6. The maximum Gasteiger partial charge on any atom is 0.407 e. The molecule has 0 aliphatic heterocycles. The van der Waals surface area contributed by atoms with Crippen LogP contribution in [-0.4, -0.2) is 84.3 Å². The number of hydrogen-bond donors (Lipinski definition) is 1. The molecule has 0 heterocycles. The summed E-state index contributed by atoms with van der Waals surface area (Å²) in [7, 11) is 0. The second kappa shape index (κ2) is 19.4. The lowest BCUT2D eigenvalue weighted by Gasteiger charge is -2.19. The Labute approximate surface area is 170 Å². The summed E-state index contributed by atoms with van der Waals surface area (Å²) in [6.45, 7) is 13.6. The highest BCUT2D eigenvalue weighted by Crippen LogP contribution is 2.06. The molecular weight excluding hydrogens is 366 g/mol. The number of unbranched alkanes of at least 4 members (excludes halogenated alkanes) is 2. The van der Waals surface area contributed by atoms with Gasteiger partial charge in [-0.1, -0.05) is 19.8 Å². The van der Waals surface area contributed by atoms with Crippen LogP contribution >= 0.6 is 0 Å². The van der Waals surface area contributed by atoms with Crippen molar-refractivity contribution in [1.82, 2.24) is 5.32 Å². The van der Waals surface area contributed by atoms with Gasteiger partial charge in [-0.25, -0.2) is 4.79 Å². The van der Waals surface area contributed by atoms with E-state index in [0.29, 0.717) is 66.0 Å². The highest BCUT2D eigenvalue weighted by Gasteiger charge is 2.15. The van der Waals surface area contributed by atoms with Crippen molar-refractivity contribution >= 4 is 6.09 Å². The molecule has 1 amide bonds. The van der Waals surface area contributed by atoms with Crippen molar-refractivity contribution in [3.05, 3.63) is 0 Å². The third kappa shape index (κ3) is 23.1. The Balaban J connectivity index is 3.11. The maximum atomic E-state index is 11.4. The van der Waals surface area contributed by atoms with Crippen LogP contribution in [0, 0.1) is 0 Å². The molecule has 0 saturated heterocycles. The fourth-order valence-corrected chi connectivity index (χ4v) is 1.98. The van der Waals surface area contributed by atoms with Gasteiger partial charge in [0.05, 0.1) is 59.5 Å². The van der Waals surface area contributed by atoms with E-state index in [2.05, 4.69) is 12.2 Å². The van der Waals surface area contributed by atoms with Crippen molar-refractivity contribution in [2.45, 2.75) is 52.6 Å². The van der Waals surface area contributed by atoms with Gasteiger partial charge in [0.15, 0.2) is 0 Å². The first-order valence-corrected chi connectivity index (χ1v) is 10.3. The molecule has 0 aliphatic rings. The molecule has 0 unspecified atom stereocenters. The van der Waals surface area contributed by atoms with E-state index in [1.165, 1.54) is 12.8 Å². The molecule has 28 heavy (non-hydrogen) atoms. The largest absolute Gasteiger partial charge is 0.444 e. The number of carbonyl (C=O) groups excluding carboxylic acids is 1. The monoisotopic (exact) mass is 407 g/mol. The number of alkyl carbamates (subject to hydrolysis) is 1. The molecule has 0 radical (unpaired) electrons. The lowest BCUT2D eigenvalue weighted by Crippen LogP contribution is -2.34. The summed E-state index contributed by atoms with van der Waals surface area (Å²) in [4.78, 5) is 11.4. The number of hydrogen-bond acceptors (Lipinski definition) is 7. The summed E-state index contributed by atoms with van der Waals surface area (Å²) < 4.78 is 32.1. The number of ether oxygens (including phenoxy) is 6. The van der Waals surface area contributed by atoms with Gasteiger partial charge in [0, 0.05) is 13.2 Å². The smallest absolute Gasteiger partial charge is 0.407 e. The van der Waals surface area contributed by atoms with Gasteiger partial charge in [-0.2, -0.15) is 0 Å². The summed E-state index contributed by atoms with van der Waals surface area (Å²) in [6, 6.07) is 0. The van der Waals surface area contributed by atoms with E-state index in [-0.39, 0.29) is 0 Å². The average molecular weight is 408 g/mol. The molecule has 0 aromatic rings. The molecule has 8 nitrogen and oxygen atoms in total. The highest BCUT2D eigenvalue weighted by molar-refractivity contribution is 5.67. The van der Waals surface area contributed by atoms with Crippen molar-refractivity contribution < 1.29 is 33.2 Å². The fraction of sp³-hybridized carbons (Fsp3) is 0.950. The molecule has 0 atom stereocenters. The summed E-state index contributed by atoms with van der Waals surface area (Å²) in [5.74, 6) is 0. The van der Waals surface area contributed by atoms with Gasteiger partial charge in [-0.15, -0.1) is 0 Å². The number of rotatable bonds is 19. The minimum Gasteiger partial charge on any atom is -0.444 e. The maximum absolute atomic E-state index is 11.4. The zero-order chi connectivity index (χ0) is 20.9. The van der Waals surface area contributed by atoms with Gasteiger partial charge in [-0.3, -0.25) is 0 Å². The predicted octanol–water partition coefficient (Wildman–Crippen LogP) is 2.78. The van der Waals surface area contributed by atoms with E-state index < -0.39 is 11.7 Å². The molecule has 0 spiro atoms. The second-order valence-electron chi connectivity index (χ2n) is 7.20. The van der Waals surface area contributed by atoms with Gasteiger partial charge < -0.3 is 33.7 Å². The van der Waals surface area contributed by atoms with Crippen LogP contribution in [0.25, 0.3) is 0 Å². The van der Waals surface area contributed by atoms with Crippen molar-refractivity contribution in [3.63, 3.8) is 0 Å². The minimum absolute atomic E-state index is 0.405. The van der Waals surface area contributed by atoms with Crippen LogP contribution in [0.1, 0.15) is 47.0 Å². The Morgan fingerprint density at radius 3 is 1.54 bits per heavy atom. The molecular formula is C20H41NO7. The minimum atomic E-state index is -0.491. The quantitative estimate of drug-likeness (QED) is 0.330. The van der Waals surface area contributed by atoms with Gasteiger partial charge >= 0.3 is 6.09 Å². The Morgan fingerprint density at radius 1 is 0.679 bits per heavy atom. The Bertz CT molecular complexity index is 348. The van der Waals surface area contributed by atoms with Gasteiger partial charge in [-0.05, 0) is 27.2 Å². The van der Waals surface area contributed by atoms with Crippen molar-refractivity contribution in [3.8, 4) is 0 Å². The number of carbonyl (C=O) groups is 1. The highest BCUT2D eigenvalue weighted by atomic mass is 16.6. The second-order valence-corrected chi connectivity index (χ2v) is 7.20. The van der Waals surface area contributed by atoms with Gasteiger partial charge in [0.1, 0.15) is 5.60 Å². The van der Waals surface area contributed by atoms with Crippen LogP contribution in [0.3, 0.4) is 0 Å². The van der Waals surface area contributed by atoms with E-state index in [1.807, 2.05) is 20.8 Å². The van der Waals surface area contributed by atoms with Crippen LogP contribution in [0.5, 0.6) is 0 Å². The summed E-state index contributed by atoms with van der Waals surface area (Å²) in [6.07, 6.45) is 3.11. The lowest BCUT2D eigenvalue weighted by atomic mass is 10.2. The Morgan fingerprint density at radius 2 is 1.11 bits per heavy atom. The molecule has 0 aromatic heterocycles. The zero-order valence-electron chi connectivity index (χ0n) is 18.3. The number of amides is 1. The third-order valence-corrected chi connectivity index (χ3v) is 3.29. The van der Waals surface area contributed by atoms with Crippen LogP contribution in [-0.2, 0) is 28.4 Å². The standard InChI is InChI=1S/C20H41NO7/c1-5-6-7-9-23-11-13-25-15-17-27-18-16-26-14-12-24-10-8-21-19(22)28-20(2,3)4/h5-18H2,1-4H3,(H,21,22). The fourth-order valence-electron chi connectivity index (χ4n) is 1.98. The molecule has 8 heteroatoms. The molecule has 0 saturated carbocycles. The first-order chi connectivity index (χ1) is 13.5. The predicted molar refractivity (Wildman–Crippen MR) is 108 cm³/mol. The first-order valence-electron chi connectivity index (χ1n) is 10.3. The summed E-state index contributed by atoms with van der Waals surface area (Å²) in [5, 5.41) is 2.63. The lowest BCUT2D eigenvalue weighted by molar-refractivity contribution is -0.0111. The average Bonchev–Trinajstić information content (AvgIpc) is 2.62. The molecule has 0 rings (SSSR count). The SMILES string of the molecule is CCCCCOCCOCCOCCOCCOCCNC(=O)OC(C)(C)C. The van der Waals surface area contributed by atoms with Crippen LogP contribution in [0.2, 0.25) is 0 Å². The van der Waals surface area contributed by atoms with Gasteiger partial charge in [0.2, 0.25) is 0 Å². The van der Waals surface area contributed by atoms with E-state index in [1.54, 1.807) is 0 Å². The molecule has 0 fully saturated rings. The third-order valence-electron chi connectivity index (χ3n) is 3.29. The van der Waals surface area contributed by atoms with Gasteiger partial charge in [0.25, 0.3) is 0 Å². The van der Waals surface area contributed by atoms with E-state index >= 15 is 0 Å². The van der Waals surface area contributed by atoms with Crippen molar-refractivity contribution in [2.24, 2.45) is 0 Å². The van der Waals surface area contributed by atoms with Crippen molar-refractivity contribution in [2.75, 3.05) is 72.6 Å². The van der Waals surface area contributed by atoms with Crippen LogP contribution in [0.4, 0.5) is 4.79 Å². The Hall–Kier alpha value is -0.930. The van der Waals surface area contributed by atoms with Crippen LogP contribution < -0.4 is 5.32 Å². The number of nitrogens with one attached hydrogen (secondary N) is 1. The first kappa shape index (κ1) is 27.1. The summed E-state index contributed by atoms with van der Waals surface area (Å²) >= 11 is 0. The molecule has 0 aliphatic carbocycles. The zero-order valence-corrected chi connectivity index (χ0v) is 18.3. The van der Waals surface area contributed by atoms with Crippen molar-refractivity contribution in [1.29, 1.82) is 0 Å². The Kier molecular flexibility index (Phi) is 18.7. The molecule has 0 aromatic carbocycles. The molecule has 0 bridgehead atoms.